The SMILES string of the molecule is C[N-]C.[CH2-]NC.[CH3-].[CH3-].[Hf+4]. The molecule has 0 fully saturated rings. The standard InChI is InChI=1S/2C2H6N.2CH3.Hf/c2*1-3-2;;;/h1-2H3;3H,1H2,2H3;2*1H3;/q4*-1;+4. The van der Waals surface area contributed by atoms with Crippen molar-refractivity contribution in [2.24, 2.45) is 0 Å². The van der Waals surface area contributed by atoms with E-state index < -0.39 is 0 Å². The van der Waals surface area contributed by atoms with Gasteiger partial charge in [-0.25, -0.2) is 0 Å². The van der Waals surface area contributed by atoms with Crippen molar-refractivity contribution < 1.29 is 25.8 Å². The number of rotatable bonds is 0. The van der Waals surface area contributed by atoms with E-state index >= 15 is 0 Å². The van der Waals surface area contributed by atoms with Gasteiger partial charge in [0.05, 0.1) is 0 Å². The zero-order valence-electron chi connectivity index (χ0n) is 7.15. The molecule has 0 bridgehead atoms. The minimum atomic E-state index is 0. The van der Waals surface area contributed by atoms with Crippen molar-refractivity contribution >= 4 is 0 Å². The minimum Gasteiger partial charge on any atom is -0.668 e. The van der Waals surface area contributed by atoms with Crippen LogP contribution in [0.1, 0.15) is 0 Å². The van der Waals surface area contributed by atoms with Crippen LogP contribution in [-0.2, 0) is 25.8 Å². The second kappa shape index (κ2) is 68.5. The molecule has 0 aliphatic rings. The third-order valence-corrected chi connectivity index (χ3v) is 0. The van der Waals surface area contributed by atoms with Crippen LogP contribution in [0, 0.1) is 21.9 Å². The average molecular weight is 297 g/mol. The van der Waals surface area contributed by atoms with Crippen molar-refractivity contribution in [3.63, 3.8) is 0 Å². The molecule has 0 atom stereocenters. The van der Waals surface area contributed by atoms with Gasteiger partial charge in [-0.2, -0.15) is 14.1 Å². The number of nitrogens with zero attached hydrogens (tertiary/aromatic N) is 1. The van der Waals surface area contributed by atoms with Crippen LogP contribution in [-0.4, -0.2) is 21.1 Å². The summed E-state index contributed by atoms with van der Waals surface area (Å²) >= 11 is 0. The van der Waals surface area contributed by atoms with E-state index in [0.717, 1.165) is 0 Å². The molecular weight excluding hydrogens is 279 g/mol. The molecule has 0 heterocycles. The Kier molecular flexibility index (Phi) is 251. The van der Waals surface area contributed by atoms with Gasteiger partial charge >= 0.3 is 25.8 Å². The van der Waals surface area contributed by atoms with Gasteiger partial charge < -0.3 is 25.5 Å². The predicted molar refractivity (Wildman–Crippen MR) is 42.5 cm³/mol. The number of hydrogen-bond donors (Lipinski definition) is 1. The predicted octanol–water partition coefficient (Wildman–Crippen LogP) is 1.52. The van der Waals surface area contributed by atoms with Gasteiger partial charge in [-0.1, -0.05) is 0 Å². The number of nitrogens with one attached hydrogen (secondary N) is 1. The van der Waals surface area contributed by atoms with Crippen molar-refractivity contribution in [1.82, 2.24) is 5.32 Å². The fraction of sp³-hybridized carbons (Fsp3) is 0.500. The summed E-state index contributed by atoms with van der Waals surface area (Å²) < 4.78 is 0. The summed E-state index contributed by atoms with van der Waals surface area (Å²) in [5.41, 5.74) is 0. The van der Waals surface area contributed by atoms with Gasteiger partial charge in [0.1, 0.15) is 0 Å². The van der Waals surface area contributed by atoms with Crippen LogP contribution in [0.25, 0.3) is 5.32 Å². The molecule has 0 saturated heterocycles. The Morgan fingerprint density at radius 2 is 1.22 bits per heavy atom. The van der Waals surface area contributed by atoms with Crippen molar-refractivity contribution in [3.05, 3.63) is 27.2 Å². The molecule has 0 aromatic carbocycles. The van der Waals surface area contributed by atoms with Crippen molar-refractivity contribution in [2.75, 3.05) is 21.1 Å². The molecule has 0 aromatic heterocycles. The molecule has 0 aromatic rings. The van der Waals surface area contributed by atoms with Crippen LogP contribution >= 0.6 is 0 Å². The van der Waals surface area contributed by atoms with Crippen LogP contribution in [0.4, 0.5) is 0 Å². The van der Waals surface area contributed by atoms with Gasteiger partial charge in [0.15, 0.2) is 0 Å². The van der Waals surface area contributed by atoms with E-state index in [0.29, 0.717) is 0 Å². The summed E-state index contributed by atoms with van der Waals surface area (Å²) in [6.45, 7) is 0. The molecule has 0 spiro atoms. The zero-order chi connectivity index (χ0) is 5.41. The van der Waals surface area contributed by atoms with Gasteiger partial charge in [0, 0.05) is 0 Å². The third kappa shape index (κ3) is 649. The van der Waals surface area contributed by atoms with Crippen LogP contribution in [0.5, 0.6) is 0 Å². The maximum atomic E-state index is 3.50. The van der Waals surface area contributed by atoms with Crippen molar-refractivity contribution in [1.29, 1.82) is 0 Å². The first kappa shape index (κ1) is 33.0. The first-order chi connectivity index (χ1) is 2.83. The zero-order valence-corrected chi connectivity index (χ0v) is 10.7. The Labute approximate surface area is 79.6 Å². The fourth-order valence-electron chi connectivity index (χ4n) is 0. The van der Waals surface area contributed by atoms with E-state index in [-0.39, 0.29) is 40.7 Å². The normalized spacial score (nSPS) is 4.00. The maximum absolute atomic E-state index is 3.50. The first-order valence-electron chi connectivity index (χ1n) is 1.75. The summed E-state index contributed by atoms with van der Waals surface area (Å²) in [5.74, 6) is 0. The Morgan fingerprint density at radius 3 is 1.22 bits per heavy atom. The topological polar surface area (TPSA) is 26.1 Å². The van der Waals surface area contributed by atoms with E-state index in [9.17, 15) is 0 Å². The molecule has 0 radical (unpaired) electrons. The molecule has 9 heavy (non-hydrogen) atoms. The Bertz CT molecular complexity index is 13.0. The monoisotopic (exact) mass is 298 g/mol. The first-order valence-corrected chi connectivity index (χ1v) is 1.75. The summed E-state index contributed by atoms with van der Waals surface area (Å²) in [6.07, 6.45) is 0. The maximum Gasteiger partial charge on any atom is 4.00 e. The Balaban J connectivity index is -0.00000000889. The Hall–Kier alpha value is 0.790. The molecule has 2 nitrogen and oxygen atoms in total. The van der Waals surface area contributed by atoms with Crippen molar-refractivity contribution in [2.45, 2.75) is 0 Å². The Morgan fingerprint density at radius 1 is 1.22 bits per heavy atom. The van der Waals surface area contributed by atoms with Crippen LogP contribution in [0.15, 0.2) is 0 Å². The third-order valence-electron chi connectivity index (χ3n) is 0. The molecule has 0 aliphatic heterocycles. The average Bonchev–Trinajstić information content (AvgIpc) is 1.39. The molecule has 0 saturated carbocycles. The van der Waals surface area contributed by atoms with E-state index in [1.807, 2.05) is 0 Å². The molecule has 0 rings (SSSR count). The second-order valence-corrected chi connectivity index (χ2v) is 0.801. The van der Waals surface area contributed by atoms with Gasteiger partial charge in [0.2, 0.25) is 0 Å². The summed E-state index contributed by atoms with van der Waals surface area (Å²) in [6, 6.07) is 0. The molecule has 0 unspecified atom stereocenters. The largest absolute Gasteiger partial charge is 4.00 e. The van der Waals surface area contributed by atoms with Gasteiger partial charge in [-0.15, -0.1) is 0 Å². The molecule has 3 heteroatoms. The van der Waals surface area contributed by atoms with E-state index in [1.165, 1.54) is 0 Å². The van der Waals surface area contributed by atoms with Gasteiger partial charge in [0.25, 0.3) is 0 Å². The number of hydrogen-bond acceptors (Lipinski definition) is 1. The summed E-state index contributed by atoms with van der Waals surface area (Å²) in [7, 11) is 8.50. The molecule has 1 N–H and O–H groups in total. The molecule has 0 aliphatic carbocycles. The fourth-order valence-corrected chi connectivity index (χ4v) is 0. The molecule has 56 valence electrons. The van der Waals surface area contributed by atoms with Gasteiger partial charge in [-0.3, -0.25) is 7.05 Å². The van der Waals surface area contributed by atoms with E-state index in [1.54, 1.807) is 21.1 Å². The minimum absolute atomic E-state index is 0. The van der Waals surface area contributed by atoms with Gasteiger partial charge in [-0.05, 0) is 7.05 Å². The molecular formula is C6H18HfN2. The quantitative estimate of drug-likeness (QED) is 0.532. The van der Waals surface area contributed by atoms with Crippen LogP contribution in [0.2, 0.25) is 0 Å². The van der Waals surface area contributed by atoms with Crippen molar-refractivity contribution in [3.8, 4) is 0 Å². The van der Waals surface area contributed by atoms with E-state index in [4.69, 9.17) is 0 Å². The smallest absolute Gasteiger partial charge is 0.668 e. The van der Waals surface area contributed by atoms with Crippen LogP contribution in [0.3, 0.4) is 0 Å². The summed E-state index contributed by atoms with van der Waals surface area (Å²) in [4.78, 5) is 0. The van der Waals surface area contributed by atoms with E-state index in [2.05, 4.69) is 17.7 Å². The van der Waals surface area contributed by atoms with Crippen LogP contribution < -0.4 is 5.32 Å². The second-order valence-electron chi connectivity index (χ2n) is 0.801. The molecule has 0 amide bonds. The summed E-state index contributed by atoms with van der Waals surface area (Å²) in [5, 5.41) is 6.00.